The van der Waals surface area contributed by atoms with Crippen LogP contribution in [0.4, 0.5) is 0 Å². The van der Waals surface area contributed by atoms with Gasteiger partial charge in [-0.3, -0.25) is 0 Å². The molecule has 0 amide bonds. The van der Waals surface area contributed by atoms with E-state index in [0.717, 1.165) is 12.8 Å². The third-order valence-electron chi connectivity index (χ3n) is 4.51. The van der Waals surface area contributed by atoms with Gasteiger partial charge in [0, 0.05) is 0 Å². The third-order valence-corrected chi connectivity index (χ3v) is 4.51. The van der Waals surface area contributed by atoms with E-state index >= 15 is 0 Å². The van der Waals surface area contributed by atoms with E-state index < -0.39 is 0 Å². The molecule has 1 aliphatic carbocycles. The molecular weight excluding hydrogens is 240 g/mol. The summed E-state index contributed by atoms with van der Waals surface area (Å²) >= 11 is 0. The molecule has 1 aliphatic rings. The highest BCUT2D eigenvalue weighted by Crippen LogP contribution is 2.26. The van der Waals surface area contributed by atoms with Gasteiger partial charge in [-0.15, -0.1) is 0 Å². The van der Waals surface area contributed by atoms with Crippen molar-refractivity contribution in [1.29, 1.82) is 0 Å². The van der Waals surface area contributed by atoms with Crippen LogP contribution in [-0.4, -0.2) is 0 Å². The minimum Gasteiger partial charge on any atom is -0.0558 e. The molecule has 0 fully saturated rings. The number of rotatable bonds is 0. The smallest absolute Gasteiger partial charge is 0.0222 e. The Balaban J connectivity index is 2.23. The fourth-order valence-electron chi connectivity index (χ4n) is 3.24. The fraction of sp³-hybridized carbons (Fsp3) is 0.300. The number of hydrogen-bond acceptors (Lipinski definition) is 0. The van der Waals surface area contributed by atoms with Crippen molar-refractivity contribution in [2.24, 2.45) is 0 Å². The zero-order valence-corrected chi connectivity index (χ0v) is 12.9. The van der Waals surface area contributed by atoms with Gasteiger partial charge in [-0.2, -0.15) is 0 Å². The number of aryl methyl sites for hydroxylation is 4. The summed E-state index contributed by atoms with van der Waals surface area (Å²) in [6.07, 6.45) is 6.83. The molecule has 2 aromatic rings. The largest absolute Gasteiger partial charge is 0.0558 e. The molecule has 102 valence electrons. The molecule has 2 aromatic carbocycles. The maximum atomic E-state index is 2.35. The topological polar surface area (TPSA) is 0 Å². The lowest BCUT2D eigenvalue weighted by atomic mass is 9.89. The Hall–Kier alpha value is -1.82. The number of hydrogen-bond donors (Lipinski definition) is 0. The van der Waals surface area contributed by atoms with Gasteiger partial charge in [0.05, 0.1) is 0 Å². The molecule has 0 saturated carbocycles. The van der Waals surface area contributed by atoms with Crippen LogP contribution in [0.5, 0.6) is 0 Å². The number of fused-ring (bicyclic) bond motifs is 4. The summed E-state index contributed by atoms with van der Waals surface area (Å²) in [5, 5.41) is 0. The summed E-state index contributed by atoms with van der Waals surface area (Å²) < 4.78 is 0. The Morgan fingerprint density at radius 1 is 0.600 bits per heavy atom. The molecule has 0 heterocycles. The molecule has 0 aromatic heterocycles. The maximum Gasteiger partial charge on any atom is -0.0222 e. The van der Waals surface area contributed by atoms with E-state index in [4.69, 9.17) is 0 Å². The molecule has 0 nitrogen and oxygen atoms in total. The first-order valence-electron chi connectivity index (χ1n) is 7.43. The summed E-state index contributed by atoms with van der Waals surface area (Å²) in [7, 11) is 0. The van der Waals surface area contributed by atoms with E-state index in [9.17, 15) is 0 Å². The van der Waals surface area contributed by atoms with Gasteiger partial charge in [0.25, 0.3) is 0 Å². The molecule has 0 aliphatic heterocycles. The minimum atomic E-state index is 1.14. The molecule has 0 atom stereocenters. The van der Waals surface area contributed by atoms with Gasteiger partial charge in [0.15, 0.2) is 0 Å². The van der Waals surface area contributed by atoms with Crippen LogP contribution in [0.25, 0.3) is 12.2 Å². The van der Waals surface area contributed by atoms with Crippen LogP contribution in [0, 0.1) is 27.7 Å². The standard InChI is InChI=1S/C20H22/c1-13-9-17-5-7-19-11-14(2)12-20(16(19)4)8-6-18(10-13)15(17)3/h5,7,9-12H,6,8H2,1-4H3/b7-5-. The summed E-state index contributed by atoms with van der Waals surface area (Å²) in [6, 6.07) is 9.28. The molecule has 0 saturated heterocycles. The first kappa shape index (κ1) is 13.2. The second kappa shape index (κ2) is 4.94. The Kier molecular flexibility index (Phi) is 3.25. The number of benzene rings is 2. The molecule has 20 heavy (non-hydrogen) atoms. The summed E-state index contributed by atoms with van der Waals surface area (Å²) in [6.45, 7) is 8.90. The lowest BCUT2D eigenvalue weighted by molar-refractivity contribution is 0.932. The van der Waals surface area contributed by atoms with Gasteiger partial charge in [0.1, 0.15) is 0 Å². The van der Waals surface area contributed by atoms with Gasteiger partial charge < -0.3 is 0 Å². The van der Waals surface area contributed by atoms with Crippen LogP contribution in [0.3, 0.4) is 0 Å². The summed E-state index contributed by atoms with van der Waals surface area (Å²) in [5.41, 5.74) is 11.3. The zero-order chi connectivity index (χ0) is 14.3. The highest BCUT2D eigenvalue weighted by atomic mass is 14.1. The molecule has 0 heteroatoms. The van der Waals surface area contributed by atoms with Gasteiger partial charge in [-0.25, -0.2) is 0 Å². The van der Waals surface area contributed by atoms with Gasteiger partial charge in [0.2, 0.25) is 0 Å². The third kappa shape index (κ3) is 2.31. The van der Waals surface area contributed by atoms with E-state index in [0.29, 0.717) is 0 Å². The zero-order valence-electron chi connectivity index (χ0n) is 12.9. The van der Waals surface area contributed by atoms with Crippen molar-refractivity contribution in [3.05, 3.63) is 68.8 Å². The molecule has 4 bridgehead atoms. The Labute approximate surface area is 122 Å². The lowest BCUT2D eigenvalue weighted by Gasteiger charge is -2.16. The van der Waals surface area contributed by atoms with Crippen molar-refractivity contribution < 1.29 is 0 Å². The predicted octanol–water partition coefficient (Wildman–Crippen LogP) is 5.19. The second-order valence-corrected chi connectivity index (χ2v) is 6.11. The van der Waals surface area contributed by atoms with Crippen molar-refractivity contribution in [1.82, 2.24) is 0 Å². The Morgan fingerprint density at radius 2 is 1.00 bits per heavy atom. The van der Waals surface area contributed by atoms with Crippen molar-refractivity contribution in [2.45, 2.75) is 40.5 Å². The SMILES string of the molecule is Cc1cc2c(C)c(c1)CCc1cc(C)cc(c1C)/C=C\2. The van der Waals surface area contributed by atoms with Crippen LogP contribution in [0.2, 0.25) is 0 Å². The van der Waals surface area contributed by atoms with E-state index in [1.54, 1.807) is 0 Å². The van der Waals surface area contributed by atoms with Crippen molar-refractivity contribution >= 4 is 12.2 Å². The van der Waals surface area contributed by atoms with Crippen LogP contribution in [-0.2, 0) is 12.8 Å². The Bertz CT molecular complexity index is 641. The normalized spacial score (nSPS) is 15.0. The molecule has 0 spiro atoms. The van der Waals surface area contributed by atoms with Crippen molar-refractivity contribution in [3.63, 3.8) is 0 Å². The van der Waals surface area contributed by atoms with Crippen molar-refractivity contribution in [3.8, 4) is 0 Å². The van der Waals surface area contributed by atoms with Crippen molar-refractivity contribution in [2.75, 3.05) is 0 Å². The van der Waals surface area contributed by atoms with Gasteiger partial charge >= 0.3 is 0 Å². The molecular formula is C20H22. The highest BCUT2D eigenvalue weighted by molar-refractivity contribution is 5.74. The first-order chi connectivity index (χ1) is 9.54. The molecule has 3 rings (SSSR count). The Morgan fingerprint density at radius 3 is 1.40 bits per heavy atom. The molecule has 0 radical (unpaired) electrons. The average Bonchev–Trinajstić information content (AvgIpc) is 2.40. The van der Waals surface area contributed by atoms with Crippen LogP contribution >= 0.6 is 0 Å². The highest BCUT2D eigenvalue weighted by Gasteiger charge is 2.10. The van der Waals surface area contributed by atoms with Gasteiger partial charge in [-0.1, -0.05) is 47.5 Å². The molecule has 0 N–H and O–H groups in total. The van der Waals surface area contributed by atoms with Crippen LogP contribution in [0.15, 0.2) is 24.3 Å². The average molecular weight is 262 g/mol. The summed E-state index contributed by atoms with van der Waals surface area (Å²) in [5.74, 6) is 0. The molecule has 0 unspecified atom stereocenters. The quantitative estimate of drug-likeness (QED) is 0.613. The van der Waals surface area contributed by atoms with Crippen LogP contribution < -0.4 is 0 Å². The van der Waals surface area contributed by atoms with E-state index in [2.05, 4.69) is 64.1 Å². The van der Waals surface area contributed by atoms with E-state index in [1.807, 2.05) is 0 Å². The predicted molar refractivity (Wildman–Crippen MR) is 88.2 cm³/mol. The van der Waals surface area contributed by atoms with E-state index in [-0.39, 0.29) is 0 Å². The maximum absolute atomic E-state index is 2.35. The first-order valence-corrected chi connectivity index (χ1v) is 7.43. The second-order valence-electron chi connectivity index (χ2n) is 6.11. The van der Waals surface area contributed by atoms with E-state index in [1.165, 1.54) is 44.5 Å². The van der Waals surface area contributed by atoms with Gasteiger partial charge in [-0.05, 0) is 73.9 Å². The monoisotopic (exact) mass is 262 g/mol. The minimum absolute atomic E-state index is 1.14. The summed E-state index contributed by atoms with van der Waals surface area (Å²) in [4.78, 5) is 0. The fourth-order valence-corrected chi connectivity index (χ4v) is 3.24. The lowest BCUT2D eigenvalue weighted by Crippen LogP contribution is -2.02. The van der Waals surface area contributed by atoms with Crippen LogP contribution in [0.1, 0.15) is 44.5 Å².